The maximum atomic E-state index is 13.6. The summed E-state index contributed by atoms with van der Waals surface area (Å²) in [6.45, 7) is 14.6. The zero-order chi connectivity index (χ0) is 25.3. The number of nitrogens with zero attached hydrogens (tertiary/aromatic N) is 2. The Hall–Kier alpha value is -2.29. The summed E-state index contributed by atoms with van der Waals surface area (Å²) < 4.78 is 0. The highest BCUT2D eigenvalue weighted by atomic mass is 32.1. The lowest BCUT2D eigenvalue weighted by atomic mass is 9.84. The van der Waals surface area contributed by atoms with E-state index in [2.05, 4.69) is 15.6 Å². The second kappa shape index (κ2) is 10.1. The quantitative estimate of drug-likeness (QED) is 0.581. The van der Waals surface area contributed by atoms with Crippen molar-refractivity contribution < 1.29 is 14.7 Å². The Balaban J connectivity index is 1.68. The minimum Gasteiger partial charge on any atom is -0.391 e. The van der Waals surface area contributed by atoms with Gasteiger partial charge in [0.05, 0.1) is 28.2 Å². The van der Waals surface area contributed by atoms with Crippen molar-refractivity contribution in [2.24, 2.45) is 5.41 Å². The van der Waals surface area contributed by atoms with Gasteiger partial charge in [0, 0.05) is 25.0 Å². The summed E-state index contributed by atoms with van der Waals surface area (Å²) in [6.07, 6.45) is -0.468. The number of amides is 2. The van der Waals surface area contributed by atoms with Crippen LogP contribution in [0.3, 0.4) is 0 Å². The van der Waals surface area contributed by atoms with Crippen LogP contribution in [0.4, 0.5) is 0 Å². The number of thiazole rings is 1. The van der Waals surface area contributed by atoms with Crippen molar-refractivity contribution in [1.82, 2.24) is 20.5 Å². The third-order valence-corrected chi connectivity index (χ3v) is 6.96. The number of nitrogens with one attached hydrogen (secondary N) is 2. The first-order valence-electron chi connectivity index (χ1n) is 11.8. The number of rotatable bonds is 6. The minimum atomic E-state index is -0.711. The number of carbonyl (C=O) groups excluding carboxylic acids is 2. The molecule has 0 spiro atoms. The van der Waals surface area contributed by atoms with E-state index in [1.54, 1.807) is 16.2 Å². The lowest BCUT2D eigenvalue weighted by Gasteiger charge is -2.39. The summed E-state index contributed by atoms with van der Waals surface area (Å²) in [5.74, 6) is -0.390. The molecule has 0 aliphatic carbocycles. The molecule has 3 atom stereocenters. The van der Waals surface area contributed by atoms with Gasteiger partial charge in [-0.25, -0.2) is 4.98 Å². The maximum absolute atomic E-state index is 13.6. The number of benzene rings is 1. The number of β-amino-alcohol motifs (C(OH)–C–C–N with tert-alkyl or cyclic N) is 1. The number of carbonyl (C=O) groups is 2. The van der Waals surface area contributed by atoms with Crippen LogP contribution >= 0.6 is 11.3 Å². The van der Waals surface area contributed by atoms with E-state index in [0.717, 1.165) is 21.7 Å². The molecule has 7 nitrogen and oxygen atoms in total. The lowest BCUT2D eigenvalue weighted by Crippen LogP contribution is -2.60. The highest BCUT2D eigenvalue weighted by molar-refractivity contribution is 7.13. The fourth-order valence-electron chi connectivity index (χ4n) is 4.21. The highest BCUT2D eigenvalue weighted by Gasteiger charge is 2.44. The van der Waals surface area contributed by atoms with E-state index in [9.17, 15) is 14.7 Å². The van der Waals surface area contributed by atoms with E-state index in [0.29, 0.717) is 6.54 Å². The van der Waals surface area contributed by atoms with Crippen LogP contribution in [0, 0.1) is 12.3 Å². The molecule has 2 heterocycles. The highest BCUT2D eigenvalue weighted by Crippen LogP contribution is 2.29. The van der Waals surface area contributed by atoms with Crippen molar-refractivity contribution in [2.75, 3.05) is 6.54 Å². The third-order valence-electron chi connectivity index (χ3n) is 5.98. The molecule has 1 aromatic heterocycles. The Morgan fingerprint density at radius 3 is 2.35 bits per heavy atom. The average molecular weight is 487 g/mol. The van der Waals surface area contributed by atoms with Gasteiger partial charge in [-0.2, -0.15) is 0 Å². The van der Waals surface area contributed by atoms with E-state index in [1.807, 2.05) is 78.2 Å². The molecule has 2 aromatic rings. The monoisotopic (exact) mass is 486 g/mol. The standard InChI is InChI=1S/C26H38N4O3S/c1-16-21(34-15-28-16)18-10-8-17(9-11-18)13-27-23(32)20-12-19(31)14-30(20)24(33)22(25(2,3)4)29-26(5,6)7/h8-11,15,19-20,22,29,31H,12-14H2,1-7H3,(H,27,32). The lowest BCUT2D eigenvalue weighted by molar-refractivity contribution is -0.142. The van der Waals surface area contributed by atoms with Gasteiger partial charge < -0.3 is 20.6 Å². The molecule has 0 radical (unpaired) electrons. The Kier molecular flexibility index (Phi) is 7.85. The van der Waals surface area contributed by atoms with Gasteiger partial charge in [-0.05, 0) is 44.2 Å². The number of hydrogen-bond acceptors (Lipinski definition) is 6. The van der Waals surface area contributed by atoms with Gasteiger partial charge >= 0.3 is 0 Å². The Labute approximate surface area is 207 Å². The number of aliphatic hydroxyl groups excluding tert-OH is 1. The number of aliphatic hydroxyl groups is 1. The molecular weight excluding hydrogens is 448 g/mol. The SMILES string of the molecule is Cc1ncsc1-c1ccc(CNC(=O)C2CC(O)CN2C(=O)C(NC(C)(C)C)C(C)(C)C)cc1. The van der Waals surface area contributed by atoms with Crippen LogP contribution in [0.25, 0.3) is 10.4 Å². The van der Waals surface area contributed by atoms with E-state index in [-0.39, 0.29) is 35.7 Å². The van der Waals surface area contributed by atoms with Gasteiger partial charge in [-0.15, -0.1) is 11.3 Å². The van der Waals surface area contributed by atoms with Gasteiger partial charge in [-0.3, -0.25) is 9.59 Å². The molecule has 1 saturated heterocycles. The molecule has 2 amide bonds. The second-order valence-corrected chi connectivity index (χ2v) is 12.1. The fourth-order valence-corrected chi connectivity index (χ4v) is 5.02. The molecule has 3 unspecified atom stereocenters. The van der Waals surface area contributed by atoms with E-state index in [4.69, 9.17) is 0 Å². The average Bonchev–Trinajstić information content (AvgIpc) is 3.34. The number of hydrogen-bond donors (Lipinski definition) is 3. The number of likely N-dealkylation sites (tertiary alicyclic amines) is 1. The predicted octanol–water partition coefficient (Wildman–Crippen LogP) is 3.50. The molecule has 0 saturated carbocycles. The molecule has 1 fully saturated rings. The first-order chi connectivity index (χ1) is 15.8. The molecular formula is C26H38N4O3S. The molecule has 3 rings (SSSR count). The van der Waals surface area contributed by atoms with Crippen LogP contribution in [-0.2, 0) is 16.1 Å². The maximum Gasteiger partial charge on any atom is 0.243 e. The summed E-state index contributed by atoms with van der Waals surface area (Å²) in [5.41, 5.74) is 4.29. The molecule has 3 N–H and O–H groups in total. The van der Waals surface area contributed by atoms with Crippen LogP contribution in [-0.4, -0.2) is 57.1 Å². The summed E-state index contributed by atoms with van der Waals surface area (Å²) in [4.78, 5) is 33.6. The van der Waals surface area contributed by atoms with Crippen LogP contribution in [0.2, 0.25) is 0 Å². The summed E-state index contributed by atoms with van der Waals surface area (Å²) in [5, 5.41) is 16.7. The first-order valence-corrected chi connectivity index (χ1v) is 12.7. The van der Waals surface area contributed by atoms with Gasteiger partial charge in [0.1, 0.15) is 6.04 Å². The molecule has 8 heteroatoms. The molecule has 1 aromatic carbocycles. The van der Waals surface area contributed by atoms with Crippen molar-refractivity contribution in [1.29, 1.82) is 0 Å². The van der Waals surface area contributed by atoms with Crippen molar-refractivity contribution in [3.63, 3.8) is 0 Å². The van der Waals surface area contributed by atoms with Crippen molar-refractivity contribution in [3.8, 4) is 10.4 Å². The number of aryl methyl sites for hydroxylation is 1. The van der Waals surface area contributed by atoms with Crippen molar-refractivity contribution in [3.05, 3.63) is 41.0 Å². The zero-order valence-corrected chi connectivity index (χ0v) is 22.1. The second-order valence-electron chi connectivity index (χ2n) is 11.3. The van der Waals surface area contributed by atoms with Crippen LogP contribution in [0.5, 0.6) is 0 Å². The van der Waals surface area contributed by atoms with Crippen LogP contribution < -0.4 is 10.6 Å². The predicted molar refractivity (Wildman–Crippen MR) is 136 cm³/mol. The van der Waals surface area contributed by atoms with Crippen molar-refractivity contribution in [2.45, 2.75) is 85.2 Å². The molecule has 0 bridgehead atoms. The van der Waals surface area contributed by atoms with Gasteiger partial charge in [0.25, 0.3) is 0 Å². The fraction of sp³-hybridized carbons (Fsp3) is 0.577. The Morgan fingerprint density at radius 2 is 1.82 bits per heavy atom. The van der Waals surface area contributed by atoms with Crippen LogP contribution in [0.15, 0.2) is 29.8 Å². The van der Waals surface area contributed by atoms with Crippen LogP contribution in [0.1, 0.15) is 59.2 Å². The van der Waals surface area contributed by atoms with Crippen molar-refractivity contribution >= 4 is 23.2 Å². The largest absolute Gasteiger partial charge is 0.391 e. The summed E-state index contributed by atoms with van der Waals surface area (Å²) >= 11 is 1.61. The molecule has 1 aliphatic heterocycles. The number of aromatic nitrogens is 1. The third kappa shape index (κ3) is 6.43. The van der Waals surface area contributed by atoms with E-state index in [1.165, 1.54) is 0 Å². The molecule has 1 aliphatic rings. The topological polar surface area (TPSA) is 94.6 Å². The Morgan fingerprint density at radius 1 is 1.18 bits per heavy atom. The summed E-state index contributed by atoms with van der Waals surface area (Å²) in [7, 11) is 0. The first kappa shape index (κ1) is 26.3. The minimum absolute atomic E-state index is 0.150. The summed E-state index contributed by atoms with van der Waals surface area (Å²) in [6, 6.07) is 6.88. The normalized spacial score (nSPS) is 19.8. The van der Waals surface area contributed by atoms with E-state index < -0.39 is 18.2 Å². The van der Waals surface area contributed by atoms with E-state index >= 15 is 0 Å². The van der Waals surface area contributed by atoms with Gasteiger partial charge in [0.2, 0.25) is 11.8 Å². The van der Waals surface area contributed by atoms with Gasteiger partial charge in [0.15, 0.2) is 0 Å². The Bertz CT molecular complexity index is 1000. The van der Waals surface area contributed by atoms with Gasteiger partial charge in [-0.1, -0.05) is 45.0 Å². The molecule has 34 heavy (non-hydrogen) atoms. The zero-order valence-electron chi connectivity index (χ0n) is 21.3. The molecule has 186 valence electrons. The smallest absolute Gasteiger partial charge is 0.243 e.